The molecule has 0 radical (unpaired) electrons. The van der Waals surface area contributed by atoms with Crippen molar-refractivity contribution in [2.75, 3.05) is 7.11 Å². The predicted octanol–water partition coefficient (Wildman–Crippen LogP) is 1.06. The standard InChI is InChI=1S/C20H24N4O4/c1-28-18-10-15(6-8-22-18)20(27)24-16-9-14(4-5-17(16)25)19(26)23-12-13-3-2-7-21-11-13/h2-3,6-8,10-11,14,16-17,25H,4-5,9,12H2,1H3,(H,23,26)(H,24,27)/t14-,16+,17+/m0/s1. The normalized spacial score (nSPS) is 21.6. The number of hydrogen-bond donors (Lipinski definition) is 3. The van der Waals surface area contributed by atoms with E-state index in [1.807, 2.05) is 12.1 Å². The first-order chi connectivity index (χ1) is 13.6. The van der Waals surface area contributed by atoms with Gasteiger partial charge < -0.3 is 20.5 Å². The number of methoxy groups -OCH3 is 1. The summed E-state index contributed by atoms with van der Waals surface area (Å²) in [5, 5.41) is 16.0. The first-order valence-corrected chi connectivity index (χ1v) is 9.22. The molecule has 8 nitrogen and oxygen atoms in total. The van der Waals surface area contributed by atoms with Gasteiger partial charge in [0, 0.05) is 42.7 Å². The van der Waals surface area contributed by atoms with Crippen LogP contribution < -0.4 is 15.4 Å². The largest absolute Gasteiger partial charge is 0.481 e. The molecule has 1 aliphatic rings. The second-order valence-electron chi connectivity index (χ2n) is 6.82. The van der Waals surface area contributed by atoms with Gasteiger partial charge in [0.25, 0.3) is 5.91 Å². The van der Waals surface area contributed by atoms with Crippen molar-refractivity contribution in [1.29, 1.82) is 0 Å². The highest BCUT2D eigenvalue weighted by atomic mass is 16.5. The Balaban J connectivity index is 1.57. The van der Waals surface area contributed by atoms with Crippen molar-refractivity contribution in [1.82, 2.24) is 20.6 Å². The van der Waals surface area contributed by atoms with E-state index in [1.165, 1.54) is 19.4 Å². The Kier molecular flexibility index (Phi) is 6.54. The maximum Gasteiger partial charge on any atom is 0.251 e. The number of rotatable bonds is 6. The van der Waals surface area contributed by atoms with Crippen molar-refractivity contribution < 1.29 is 19.4 Å². The summed E-state index contributed by atoms with van der Waals surface area (Å²) in [4.78, 5) is 33.0. The highest BCUT2D eigenvalue weighted by Gasteiger charge is 2.34. The minimum Gasteiger partial charge on any atom is -0.481 e. The van der Waals surface area contributed by atoms with Crippen LogP contribution in [0.2, 0.25) is 0 Å². The number of carbonyl (C=O) groups is 2. The van der Waals surface area contributed by atoms with Gasteiger partial charge in [-0.25, -0.2) is 4.98 Å². The molecule has 1 fully saturated rings. The fraction of sp³-hybridized carbons (Fsp3) is 0.400. The van der Waals surface area contributed by atoms with Crippen LogP contribution in [0, 0.1) is 5.92 Å². The van der Waals surface area contributed by atoms with E-state index in [0.29, 0.717) is 37.3 Å². The Morgan fingerprint density at radius 3 is 2.89 bits per heavy atom. The summed E-state index contributed by atoms with van der Waals surface area (Å²) in [6.07, 6.45) is 5.60. The van der Waals surface area contributed by atoms with Gasteiger partial charge in [0.05, 0.1) is 19.3 Å². The molecular formula is C20H24N4O4. The van der Waals surface area contributed by atoms with E-state index in [2.05, 4.69) is 20.6 Å². The Bertz CT molecular complexity index is 815. The molecule has 3 rings (SSSR count). The van der Waals surface area contributed by atoms with Gasteiger partial charge in [-0.05, 0) is 37.0 Å². The molecule has 2 aromatic rings. The molecule has 3 atom stereocenters. The Hall–Kier alpha value is -3.00. The number of nitrogens with zero attached hydrogens (tertiary/aromatic N) is 2. The maximum absolute atomic E-state index is 12.5. The van der Waals surface area contributed by atoms with E-state index in [1.54, 1.807) is 18.5 Å². The molecule has 0 aliphatic heterocycles. The van der Waals surface area contributed by atoms with Crippen molar-refractivity contribution in [2.45, 2.75) is 38.0 Å². The SMILES string of the molecule is COc1cc(C(=O)N[C@@H]2C[C@@H](C(=O)NCc3cccnc3)CC[C@H]2O)ccn1. The molecule has 0 bridgehead atoms. The fourth-order valence-corrected chi connectivity index (χ4v) is 3.30. The molecule has 8 heteroatoms. The summed E-state index contributed by atoms with van der Waals surface area (Å²) < 4.78 is 5.03. The summed E-state index contributed by atoms with van der Waals surface area (Å²) in [6, 6.07) is 6.32. The van der Waals surface area contributed by atoms with Crippen LogP contribution in [0.25, 0.3) is 0 Å². The number of hydrogen-bond acceptors (Lipinski definition) is 6. The number of nitrogens with one attached hydrogen (secondary N) is 2. The molecule has 28 heavy (non-hydrogen) atoms. The van der Waals surface area contributed by atoms with Gasteiger partial charge in [0.1, 0.15) is 0 Å². The Labute approximate surface area is 163 Å². The number of aromatic nitrogens is 2. The van der Waals surface area contributed by atoms with Gasteiger partial charge in [0.2, 0.25) is 11.8 Å². The number of aliphatic hydroxyl groups is 1. The molecular weight excluding hydrogens is 360 g/mol. The molecule has 148 valence electrons. The Morgan fingerprint density at radius 2 is 2.14 bits per heavy atom. The van der Waals surface area contributed by atoms with Crippen LogP contribution >= 0.6 is 0 Å². The molecule has 2 aromatic heterocycles. The van der Waals surface area contributed by atoms with E-state index in [4.69, 9.17) is 4.74 Å². The van der Waals surface area contributed by atoms with Crippen LogP contribution in [0.15, 0.2) is 42.9 Å². The van der Waals surface area contributed by atoms with Crippen molar-refractivity contribution in [3.05, 3.63) is 54.0 Å². The minimum absolute atomic E-state index is 0.0828. The smallest absolute Gasteiger partial charge is 0.251 e. The lowest BCUT2D eigenvalue weighted by atomic mass is 9.83. The highest BCUT2D eigenvalue weighted by Crippen LogP contribution is 2.25. The number of ether oxygens (including phenoxy) is 1. The van der Waals surface area contributed by atoms with Crippen molar-refractivity contribution in [3.8, 4) is 5.88 Å². The van der Waals surface area contributed by atoms with Crippen molar-refractivity contribution in [2.24, 2.45) is 5.92 Å². The first-order valence-electron chi connectivity index (χ1n) is 9.22. The molecule has 0 unspecified atom stereocenters. The monoisotopic (exact) mass is 384 g/mol. The quantitative estimate of drug-likeness (QED) is 0.686. The number of pyridine rings is 2. The van der Waals surface area contributed by atoms with E-state index in [-0.39, 0.29) is 17.7 Å². The van der Waals surface area contributed by atoms with E-state index >= 15 is 0 Å². The molecule has 1 aliphatic carbocycles. The van der Waals surface area contributed by atoms with E-state index < -0.39 is 12.1 Å². The third-order valence-electron chi connectivity index (χ3n) is 4.90. The summed E-state index contributed by atoms with van der Waals surface area (Å²) in [5.74, 6) is -0.344. The molecule has 1 saturated carbocycles. The summed E-state index contributed by atoms with van der Waals surface area (Å²) in [6.45, 7) is 0.402. The molecule has 0 aromatic carbocycles. The third kappa shape index (κ3) is 5.04. The van der Waals surface area contributed by atoms with Gasteiger partial charge in [-0.1, -0.05) is 6.07 Å². The zero-order chi connectivity index (χ0) is 19.9. The lowest BCUT2D eigenvalue weighted by molar-refractivity contribution is -0.127. The molecule has 2 amide bonds. The maximum atomic E-state index is 12.5. The Morgan fingerprint density at radius 1 is 1.29 bits per heavy atom. The van der Waals surface area contributed by atoms with Crippen molar-refractivity contribution >= 4 is 11.8 Å². The van der Waals surface area contributed by atoms with Gasteiger partial charge in [-0.2, -0.15) is 0 Å². The first kappa shape index (κ1) is 19.8. The minimum atomic E-state index is -0.685. The number of carbonyl (C=O) groups excluding carboxylic acids is 2. The topological polar surface area (TPSA) is 113 Å². The lowest BCUT2D eigenvalue weighted by Gasteiger charge is -2.33. The van der Waals surface area contributed by atoms with Gasteiger partial charge in [-0.15, -0.1) is 0 Å². The fourth-order valence-electron chi connectivity index (χ4n) is 3.30. The zero-order valence-electron chi connectivity index (χ0n) is 15.7. The van der Waals surface area contributed by atoms with Crippen LogP contribution in [-0.4, -0.2) is 46.1 Å². The van der Waals surface area contributed by atoms with E-state index in [9.17, 15) is 14.7 Å². The predicted molar refractivity (Wildman–Crippen MR) is 101 cm³/mol. The average Bonchev–Trinajstić information content (AvgIpc) is 2.74. The summed E-state index contributed by atoms with van der Waals surface area (Å²) in [7, 11) is 1.48. The van der Waals surface area contributed by atoms with Gasteiger partial charge >= 0.3 is 0 Å². The molecule has 0 saturated heterocycles. The van der Waals surface area contributed by atoms with Crippen molar-refractivity contribution in [3.63, 3.8) is 0 Å². The number of aliphatic hydroxyl groups excluding tert-OH is 1. The average molecular weight is 384 g/mol. The summed E-state index contributed by atoms with van der Waals surface area (Å²) in [5.41, 5.74) is 1.31. The van der Waals surface area contributed by atoms with Crippen LogP contribution in [0.4, 0.5) is 0 Å². The zero-order valence-corrected chi connectivity index (χ0v) is 15.7. The van der Waals surface area contributed by atoms with Crippen LogP contribution in [0.3, 0.4) is 0 Å². The van der Waals surface area contributed by atoms with Gasteiger partial charge in [0.15, 0.2) is 0 Å². The third-order valence-corrected chi connectivity index (χ3v) is 4.90. The molecule has 0 spiro atoms. The van der Waals surface area contributed by atoms with E-state index in [0.717, 1.165) is 5.56 Å². The molecule has 2 heterocycles. The highest BCUT2D eigenvalue weighted by molar-refractivity contribution is 5.94. The van der Waals surface area contributed by atoms with Crippen LogP contribution in [0.5, 0.6) is 5.88 Å². The van der Waals surface area contributed by atoms with Crippen LogP contribution in [-0.2, 0) is 11.3 Å². The lowest BCUT2D eigenvalue weighted by Crippen LogP contribution is -2.49. The second-order valence-corrected chi connectivity index (χ2v) is 6.82. The van der Waals surface area contributed by atoms with Crippen LogP contribution in [0.1, 0.15) is 35.2 Å². The van der Waals surface area contributed by atoms with Gasteiger partial charge in [-0.3, -0.25) is 14.6 Å². The second kappa shape index (κ2) is 9.27. The summed E-state index contributed by atoms with van der Waals surface area (Å²) >= 11 is 0. The number of amides is 2. The molecule has 3 N–H and O–H groups in total.